The smallest absolute Gasteiger partial charge is 0.173 e. The first-order chi connectivity index (χ1) is 9.43. The molecule has 1 saturated heterocycles. The minimum absolute atomic E-state index is 0.0569. The van der Waals surface area contributed by atoms with Crippen molar-refractivity contribution in [2.45, 2.75) is 19.1 Å². The Morgan fingerprint density at radius 2 is 2.05 bits per heavy atom. The minimum Gasteiger partial charge on any atom is -0.390 e. The molecule has 2 atom stereocenters. The van der Waals surface area contributed by atoms with Crippen molar-refractivity contribution in [1.82, 2.24) is 4.90 Å². The van der Waals surface area contributed by atoms with Crippen LogP contribution in [0.25, 0.3) is 0 Å². The minimum atomic E-state index is -3.19. The fourth-order valence-corrected chi connectivity index (χ4v) is 4.54. The molecule has 1 aromatic rings. The second kappa shape index (κ2) is 6.07. The molecular formula is C13H18N2O3S2. The third-order valence-electron chi connectivity index (χ3n) is 3.32. The molecule has 2 rings (SSSR count). The number of sulfone groups is 1. The van der Waals surface area contributed by atoms with E-state index >= 15 is 0 Å². The van der Waals surface area contributed by atoms with Crippen molar-refractivity contribution in [3.8, 4) is 0 Å². The molecule has 1 fully saturated rings. The molecule has 0 aliphatic carbocycles. The zero-order valence-electron chi connectivity index (χ0n) is 11.2. The summed E-state index contributed by atoms with van der Waals surface area (Å²) in [5.74, 6) is -0.249. The number of aliphatic hydroxyl groups excluding tert-OH is 1. The number of nitrogens with one attached hydrogen (secondary N) is 1. The van der Waals surface area contributed by atoms with E-state index in [1.165, 1.54) is 0 Å². The second-order valence-electron chi connectivity index (χ2n) is 4.79. The maximum atomic E-state index is 11.6. The van der Waals surface area contributed by atoms with Gasteiger partial charge < -0.3 is 15.3 Å². The van der Waals surface area contributed by atoms with E-state index in [1.807, 2.05) is 37.3 Å². The van der Waals surface area contributed by atoms with Gasteiger partial charge in [0.15, 0.2) is 14.9 Å². The Morgan fingerprint density at radius 3 is 2.55 bits per heavy atom. The van der Waals surface area contributed by atoms with Crippen molar-refractivity contribution in [3.63, 3.8) is 0 Å². The number of benzene rings is 1. The molecule has 0 saturated carbocycles. The maximum Gasteiger partial charge on any atom is 0.173 e. The Hall–Kier alpha value is -1.18. The molecule has 0 amide bonds. The highest BCUT2D eigenvalue weighted by Gasteiger charge is 2.40. The third kappa shape index (κ3) is 3.47. The molecule has 0 spiro atoms. The molecule has 7 heteroatoms. The molecule has 0 unspecified atom stereocenters. The SMILES string of the molecule is CCN(C(=S)Nc1ccccc1)[C@H]1CS(=O)(=O)C[C@@H]1O. The first kappa shape index (κ1) is 15.2. The van der Waals surface area contributed by atoms with Gasteiger partial charge >= 0.3 is 0 Å². The van der Waals surface area contributed by atoms with E-state index in [0.29, 0.717) is 11.7 Å². The largest absolute Gasteiger partial charge is 0.390 e. The Morgan fingerprint density at radius 1 is 1.40 bits per heavy atom. The predicted molar refractivity (Wildman–Crippen MR) is 83.5 cm³/mol. The van der Waals surface area contributed by atoms with Crippen molar-refractivity contribution >= 4 is 32.9 Å². The summed E-state index contributed by atoms with van der Waals surface area (Å²) in [4.78, 5) is 1.73. The first-order valence-electron chi connectivity index (χ1n) is 6.44. The van der Waals surface area contributed by atoms with Crippen molar-refractivity contribution in [2.75, 3.05) is 23.4 Å². The van der Waals surface area contributed by atoms with Gasteiger partial charge in [-0.1, -0.05) is 18.2 Å². The van der Waals surface area contributed by atoms with Gasteiger partial charge in [0.2, 0.25) is 0 Å². The molecule has 1 aromatic carbocycles. The number of hydrogen-bond donors (Lipinski definition) is 2. The molecule has 20 heavy (non-hydrogen) atoms. The zero-order valence-corrected chi connectivity index (χ0v) is 12.8. The van der Waals surface area contributed by atoms with E-state index in [9.17, 15) is 13.5 Å². The number of thiocarbonyl (C=S) groups is 1. The maximum absolute atomic E-state index is 11.6. The number of nitrogens with zero attached hydrogens (tertiary/aromatic N) is 1. The van der Waals surface area contributed by atoms with Crippen LogP contribution >= 0.6 is 12.2 Å². The highest BCUT2D eigenvalue weighted by molar-refractivity contribution is 7.91. The summed E-state index contributed by atoms with van der Waals surface area (Å²) in [5, 5.41) is 13.4. The molecule has 5 nitrogen and oxygen atoms in total. The molecule has 0 aromatic heterocycles. The first-order valence-corrected chi connectivity index (χ1v) is 8.67. The van der Waals surface area contributed by atoms with Crippen LogP contribution in [0.15, 0.2) is 30.3 Å². The van der Waals surface area contributed by atoms with Crippen LogP contribution in [0.1, 0.15) is 6.92 Å². The van der Waals surface area contributed by atoms with Gasteiger partial charge in [-0.15, -0.1) is 0 Å². The summed E-state index contributed by atoms with van der Waals surface area (Å²) in [6.07, 6.45) is -0.893. The van der Waals surface area contributed by atoms with E-state index < -0.39 is 22.0 Å². The van der Waals surface area contributed by atoms with Gasteiger partial charge in [-0.3, -0.25) is 0 Å². The third-order valence-corrected chi connectivity index (χ3v) is 5.36. The van der Waals surface area contributed by atoms with Gasteiger partial charge in [0, 0.05) is 12.2 Å². The van der Waals surface area contributed by atoms with Gasteiger partial charge in [0.25, 0.3) is 0 Å². The standard InChI is InChI=1S/C13H18N2O3S2/c1-2-15(11-8-20(17,18)9-12(11)16)13(19)14-10-6-4-3-5-7-10/h3-7,11-12,16H,2,8-9H2,1H3,(H,14,19)/t11-,12-/m0/s1. The monoisotopic (exact) mass is 314 g/mol. The van der Waals surface area contributed by atoms with Crippen LogP contribution in [0, 0.1) is 0 Å². The average Bonchev–Trinajstić information content (AvgIpc) is 2.65. The number of aliphatic hydroxyl groups is 1. The van der Waals surface area contributed by atoms with Crippen LogP contribution in [0.5, 0.6) is 0 Å². The summed E-state index contributed by atoms with van der Waals surface area (Å²) >= 11 is 5.33. The van der Waals surface area contributed by atoms with Gasteiger partial charge in [-0.2, -0.15) is 0 Å². The van der Waals surface area contributed by atoms with Crippen LogP contribution in [0.2, 0.25) is 0 Å². The molecule has 1 aliphatic rings. The average molecular weight is 314 g/mol. The lowest BCUT2D eigenvalue weighted by atomic mass is 10.2. The highest BCUT2D eigenvalue weighted by atomic mass is 32.2. The van der Waals surface area contributed by atoms with E-state index in [1.54, 1.807) is 4.90 Å². The Bertz CT molecular complexity index is 575. The Kier molecular flexibility index (Phi) is 4.62. The summed E-state index contributed by atoms with van der Waals surface area (Å²) in [7, 11) is -3.19. The molecule has 0 radical (unpaired) electrons. The number of para-hydroxylation sites is 1. The van der Waals surface area contributed by atoms with Gasteiger partial charge in [0.1, 0.15) is 0 Å². The quantitative estimate of drug-likeness (QED) is 0.807. The molecule has 110 valence electrons. The van der Waals surface area contributed by atoms with E-state index in [4.69, 9.17) is 12.2 Å². The second-order valence-corrected chi connectivity index (χ2v) is 7.33. The lowest BCUT2D eigenvalue weighted by molar-refractivity contribution is 0.126. The molecular weight excluding hydrogens is 296 g/mol. The van der Waals surface area contributed by atoms with Crippen LogP contribution in [0.3, 0.4) is 0 Å². The van der Waals surface area contributed by atoms with Crippen molar-refractivity contribution < 1.29 is 13.5 Å². The van der Waals surface area contributed by atoms with Gasteiger partial charge in [-0.25, -0.2) is 8.42 Å². The van der Waals surface area contributed by atoms with Crippen LogP contribution in [-0.2, 0) is 9.84 Å². The molecule has 2 N–H and O–H groups in total. The lowest BCUT2D eigenvalue weighted by Gasteiger charge is -2.31. The van der Waals surface area contributed by atoms with Crippen molar-refractivity contribution in [2.24, 2.45) is 0 Å². The molecule has 1 heterocycles. The predicted octanol–water partition coefficient (Wildman–Crippen LogP) is 0.863. The zero-order chi connectivity index (χ0) is 14.8. The van der Waals surface area contributed by atoms with Crippen LogP contribution in [-0.4, -0.2) is 53.7 Å². The lowest BCUT2D eigenvalue weighted by Crippen LogP contribution is -2.48. The van der Waals surface area contributed by atoms with E-state index in [-0.39, 0.29) is 11.5 Å². The van der Waals surface area contributed by atoms with Gasteiger partial charge in [0.05, 0.1) is 23.7 Å². The van der Waals surface area contributed by atoms with Crippen LogP contribution in [0.4, 0.5) is 5.69 Å². The van der Waals surface area contributed by atoms with Crippen molar-refractivity contribution in [3.05, 3.63) is 30.3 Å². The fourth-order valence-electron chi connectivity index (χ4n) is 2.35. The van der Waals surface area contributed by atoms with Crippen LogP contribution < -0.4 is 5.32 Å². The van der Waals surface area contributed by atoms with Crippen molar-refractivity contribution in [1.29, 1.82) is 0 Å². The number of hydrogen-bond acceptors (Lipinski definition) is 4. The molecule has 1 aliphatic heterocycles. The molecule has 0 bridgehead atoms. The summed E-state index contributed by atoms with van der Waals surface area (Å²) in [5.41, 5.74) is 0.839. The Balaban J connectivity index is 2.10. The van der Waals surface area contributed by atoms with E-state index in [0.717, 1.165) is 5.69 Å². The number of anilines is 1. The summed E-state index contributed by atoms with van der Waals surface area (Å²) < 4.78 is 23.2. The fraction of sp³-hybridized carbons (Fsp3) is 0.462. The summed E-state index contributed by atoms with van der Waals surface area (Å²) in [6.45, 7) is 2.42. The topological polar surface area (TPSA) is 69.6 Å². The van der Waals surface area contributed by atoms with Gasteiger partial charge in [-0.05, 0) is 31.3 Å². The normalized spacial score (nSPS) is 24.3. The Labute approximate surface area is 124 Å². The number of rotatable bonds is 3. The van der Waals surface area contributed by atoms with E-state index in [2.05, 4.69) is 5.32 Å². The summed E-state index contributed by atoms with van der Waals surface area (Å²) in [6, 6.07) is 8.95. The number of likely N-dealkylation sites (N-methyl/N-ethyl adjacent to an activating group) is 1. The highest BCUT2D eigenvalue weighted by Crippen LogP contribution is 2.19.